The molecule has 0 saturated carbocycles. The Morgan fingerprint density at radius 3 is 2.53 bits per heavy atom. The van der Waals surface area contributed by atoms with E-state index in [-0.39, 0.29) is 5.91 Å². The second-order valence-electron chi connectivity index (χ2n) is 8.42. The third-order valence-electron chi connectivity index (χ3n) is 5.96. The Morgan fingerprint density at radius 2 is 1.76 bits per heavy atom. The Hall–Kier alpha value is -4.59. The summed E-state index contributed by atoms with van der Waals surface area (Å²) in [7, 11) is 4.61. The van der Waals surface area contributed by atoms with Gasteiger partial charge in [-0.05, 0) is 42.8 Å². The van der Waals surface area contributed by atoms with E-state index in [0.29, 0.717) is 46.2 Å². The first-order valence-electron chi connectivity index (χ1n) is 12.3. The Kier molecular flexibility index (Phi) is 8.77. The molecular formula is C30H31N3O5. The Morgan fingerprint density at radius 1 is 0.947 bits per heavy atom. The summed E-state index contributed by atoms with van der Waals surface area (Å²) in [6, 6.07) is 20.5. The number of pyridine rings is 1. The van der Waals surface area contributed by atoms with Gasteiger partial charge in [-0.1, -0.05) is 43.7 Å². The summed E-state index contributed by atoms with van der Waals surface area (Å²) >= 11 is 0. The molecule has 196 valence electrons. The van der Waals surface area contributed by atoms with Crippen LogP contribution in [0.1, 0.15) is 35.7 Å². The molecule has 0 bridgehead atoms. The molecule has 0 spiro atoms. The number of nitrogens with one attached hydrogen (secondary N) is 1. The third-order valence-corrected chi connectivity index (χ3v) is 5.96. The van der Waals surface area contributed by atoms with Crippen LogP contribution in [0.2, 0.25) is 0 Å². The highest BCUT2D eigenvalue weighted by atomic mass is 16.5. The van der Waals surface area contributed by atoms with Gasteiger partial charge in [0, 0.05) is 16.5 Å². The lowest BCUT2D eigenvalue weighted by Crippen LogP contribution is -2.18. The molecule has 0 radical (unpaired) electrons. The number of carbonyl (C=O) groups is 1. The maximum atomic E-state index is 13.3. The second-order valence-corrected chi connectivity index (χ2v) is 8.42. The van der Waals surface area contributed by atoms with Crippen molar-refractivity contribution >= 4 is 23.0 Å². The minimum absolute atomic E-state index is 0.365. The average molecular weight is 514 g/mol. The molecule has 38 heavy (non-hydrogen) atoms. The molecule has 8 heteroatoms. The van der Waals surface area contributed by atoms with Crippen molar-refractivity contribution in [3.63, 3.8) is 0 Å². The van der Waals surface area contributed by atoms with Gasteiger partial charge in [0.05, 0.1) is 50.9 Å². The van der Waals surface area contributed by atoms with Gasteiger partial charge in [0.1, 0.15) is 5.75 Å². The number of unbranched alkanes of at least 4 members (excludes halogenated alkanes) is 1. The van der Waals surface area contributed by atoms with Gasteiger partial charge in [0.15, 0.2) is 11.5 Å². The summed E-state index contributed by atoms with van der Waals surface area (Å²) in [5, 5.41) is 4.91. The number of amides is 1. The minimum atomic E-state index is -0.365. The SMILES string of the molecule is CCCCOc1cccc(-c2cc(C(=O)N/N=C\c3ccc(OC)c(OC)c3OC)c3ccccc3n2)c1. The lowest BCUT2D eigenvalue weighted by molar-refractivity contribution is 0.0956. The first-order chi connectivity index (χ1) is 18.6. The fourth-order valence-electron chi connectivity index (χ4n) is 4.04. The van der Waals surface area contributed by atoms with E-state index < -0.39 is 0 Å². The molecule has 1 amide bonds. The van der Waals surface area contributed by atoms with Crippen LogP contribution in [0.15, 0.2) is 71.8 Å². The van der Waals surface area contributed by atoms with E-state index >= 15 is 0 Å². The number of benzene rings is 3. The number of para-hydroxylation sites is 1. The molecule has 0 aliphatic rings. The van der Waals surface area contributed by atoms with Crippen molar-refractivity contribution in [1.29, 1.82) is 0 Å². The fraction of sp³-hybridized carbons (Fsp3) is 0.233. The number of hydrogen-bond donors (Lipinski definition) is 1. The molecule has 0 aliphatic heterocycles. The van der Waals surface area contributed by atoms with Gasteiger partial charge >= 0.3 is 0 Å². The quantitative estimate of drug-likeness (QED) is 0.153. The first kappa shape index (κ1) is 26.5. The number of carbonyl (C=O) groups excluding carboxylic acids is 1. The summed E-state index contributed by atoms with van der Waals surface area (Å²) in [5.74, 6) is 1.82. The minimum Gasteiger partial charge on any atom is -0.494 e. The van der Waals surface area contributed by atoms with Gasteiger partial charge in [-0.25, -0.2) is 10.4 Å². The van der Waals surface area contributed by atoms with Crippen LogP contribution in [0.25, 0.3) is 22.2 Å². The maximum Gasteiger partial charge on any atom is 0.272 e. The lowest BCUT2D eigenvalue weighted by atomic mass is 10.0. The summed E-state index contributed by atoms with van der Waals surface area (Å²) < 4.78 is 22.1. The number of fused-ring (bicyclic) bond motifs is 1. The molecular weight excluding hydrogens is 482 g/mol. The molecule has 4 aromatic rings. The van der Waals surface area contributed by atoms with Gasteiger partial charge in [0.2, 0.25) is 5.75 Å². The maximum absolute atomic E-state index is 13.3. The lowest BCUT2D eigenvalue weighted by Gasteiger charge is -2.13. The van der Waals surface area contributed by atoms with E-state index in [2.05, 4.69) is 17.5 Å². The van der Waals surface area contributed by atoms with Crippen LogP contribution in [0.5, 0.6) is 23.0 Å². The molecule has 0 unspecified atom stereocenters. The number of methoxy groups -OCH3 is 3. The predicted molar refractivity (Wildman–Crippen MR) is 149 cm³/mol. The topological polar surface area (TPSA) is 91.3 Å². The first-order valence-corrected chi connectivity index (χ1v) is 12.3. The molecule has 0 aliphatic carbocycles. The molecule has 4 rings (SSSR count). The number of hydrogen-bond acceptors (Lipinski definition) is 7. The Bertz CT molecular complexity index is 1450. The monoisotopic (exact) mass is 513 g/mol. The number of aromatic nitrogens is 1. The number of rotatable bonds is 11. The predicted octanol–water partition coefficient (Wildman–Crippen LogP) is 5.87. The zero-order valence-electron chi connectivity index (χ0n) is 22.0. The normalized spacial score (nSPS) is 10.9. The smallest absolute Gasteiger partial charge is 0.272 e. The van der Waals surface area contributed by atoms with Crippen molar-refractivity contribution in [2.24, 2.45) is 5.10 Å². The van der Waals surface area contributed by atoms with Crippen molar-refractivity contribution < 1.29 is 23.7 Å². The van der Waals surface area contributed by atoms with Crippen molar-refractivity contribution in [3.8, 4) is 34.3 Å². The molecule has 8 nitrogen and oxygen atoms in total. The van der Waals surface area contributed by atoms with Gasteiger partial charge in [-0.2, -0.15) is 5.10 Å². The standard InChI is InChI=1S/C30H31N3O5/c1-5-6-16-38-22-11-9-10-20(17-22)26-18-24(23-12-7-8-13-25(23)32-26)30(34)33-31-19-21-14-15-27(35-2)29(37-4)28(21)36-3/h7-15,17-19H,5-6,16H2,1-4H3,(H,33,34)/b31-19-. The largest absolute Gasteiger partial charge is 0.494 e. The number of ether oxygens (including phenoxy) is 4. The third kappa shape index (κ3) is 5.86. The van der Waals surface area contributed by atoms with Crippen molar-refractivity contribution in [3.05, 3.63) is 77.9 Å². The van der Waals surface area contributed by atoms with Gasteiger partial charge < -0.3 is 18.9 Å². The highest BCUT2D eigenvalue weighted by molar-refractivity contribution is 6.07. The van der Waals surface area contributed by atoms with E-state index in [9.17, 15) is 4.79 Å². The van der Waals surface area contributed by atoms with E-state index in [1.165, 1.54) is 20.4 Å². The fourth-order valence-corrected chi connectivity index (χ4v) is 4.04. The molecule has 1 N–H and O–H groups in total. The van der Waals surface area contributed by atoms with Crippen molar-refractivity contribution in [2.75, 3.05) is 27.9 Å². The van der Waals surface area contributed by atoms with E-state index in [1.54, 1.807) is 25.3 Å². The van der Waals surface area contributed by atoms with Crippen LogP contribution in [0, 0.1) is 0 Å². The van der Waals surface area contributed by atoms with E-state index in [1.807, 2.05) is 48.5 Å². The van der Waals surface area contributed by atoms with Crippen LogP contribution in [0.4, 0.5) is 0 Å². The summed E-state index contributed by atoms with van der Waals surface area (Å²) in [6.07, 6.45) is 3.55. The molecule has 0 saturated heterocycles. The van der Waals surface area contributed by atoms with Gasteiger partial charge in [-0.15, -0.1) is 0 Å². The van der Waals surface area contributed by atoms with Crippen molar-refractivity contribution in [2.45, 2.75) is 19.8 Å². The second kappa shape index (κ2) is 12.6. The summed E-state index contributed by atoms with van der Waals surface area (Å²) in [6.45, 7) is 2.78. The van der Waals surface area contributed by atoms with Crippen LogP contribution in [0.3, 0.4) is 0 Å². The number of nitrogens with zero attached hydrogens (tertiary/aromatic N) is 2. The Labute approximate surface area is 222 Å². The average Bonchev–Trinajstić information content (AvgIpc) is 2.96. The molecule has 1 heterocycles. The highest BCUT2D eigenvalue weighted by Crippen LogP contribution is 2.39. The van der Waals surface area contributed by atoms with Crippen LogP contribution in [-0.4, -0.2) is 45.0 Å². The molecule has 0 fully saturated rings. The molecule has 0 atom stereocenters. The molecule has 1 aromatic heterocycles. The van der Waals surface area contributed by atoms with Crippen LogP contribution >= 0.6 is 0 Å². The van der Waals surface area contributed by atoms with Gasteiger partial charge in [-0.3, -0.25) is 4.79 Å². The zero-order valence-corrected chi connectivity index (χ0v) is 22.0. The number of hydrazone groups is 1. The zero-order chi connectivity index (χ0) is 26.9. The summed E-state index contributed by atoms with van der Waals surface area (Å²) in [4.78, 5) is 18.1. The van der Waals surface area contributed by atoms with E-state index in [4.69, 9.17) is 23.9 Å². The Balaban J connectivity index is 1.63. The van der Waals surface area contributed by atoms with Crippen LogP contribution < -0.4 is 24.4 Å². The highest BCUT2D eigenvalue weighted by Gasteiger charge is 2.16. The van der Waals surface area contributed by atoms with Gasteiger partial charge in [0.25, 0.3) is 5.91 Å². The molecule has 3 aromatic carbocycles. The van der Waals surface area contributed by atoms with E-state index in [0.717, 1.165) is 29.5 Å². The van der Waals surface area contributed by atoms with Crippen LogP contribution in [-0.2, 0) is 0 Å². The summed E-state index contributed by atoms with van der Waals surface area (Å²) in [5.41, 5.74) is 5.94. The van der Waals surface area contributed by atoms with Crippen molar-refractivity contribution in [1.82, 2.24) is 10.4 Å².